The molecule has 23 heavy (non-hydrogen) atoms. The number of anilines is 1. The number of hydrogen-bond donors (Lipinski definition) is 1. The van der Waals surface area contributed by atoms with E-state index in [-0.39, 0.29) is 11.9 Å². The maximum Gasteiger partial charge on any atom is 0.260 e. The van der Waals surface area contributed by atoms with Gasteiger partial charge in [-0.15, -0.1) is 0 Å². The van der Waals surface area contributed by atoms with E-state index in [1.165, 1.54) is 20.0 Å². The SMILES string of the molecule is COc1cccc(C(=O)Nc2ccnn2C(C)C2CC2)c1OC. The molecule has 1 aromatic heterocycles. The largest absolute Gasteiger partial charge is 0.493 e. The van der Waals surface area contributed by atoms with Crippen LogP contribution in [0.5, 0.6) is 11.5 Å². The molecule has 1 unspecified atom stereocenters. The van der Waals surface area contributed by atoms with Crippen LogP contribution in [0.15, 0.2) is 30.5 Å². The lowest BCUT2D eigenvalue weighted by atomic mass is 10.1. The van der Waals surface area contributed by atoms with Gasteiger partial charge in [0, 0.05) is 6.07 Å². The highest BCUT2D eigenvalue weighted by atomic mass is 16.5. The lowest BCUT2D eigenvalue weighted by molar-refractivity contribution is 0.102. The molecule has 0 bridgehead atoms. The summed E-state index contributed by atoms with van der Waals surface area (Å²) < 4.78 is 12.4. The molecule has 1 aliphatic rings. The average molecular weight is 315 g/mol. The lowest BCUT2D eigenvalue weighted by Gasteiger charge is -2.16. The van der Waals surface area contributed by atoms with Gasteiger partial charge in [0.15, 0.2) is 11.5 Å². The number of carbonyl (C=O) groups excluding carboxylic acids is 1. The van der Waals surface area contributed by atoms with E-state index in [1.807, 2.05) is 10.7 Å². The summed E-state index contributed by atoms with van der Waals surface area (Å²) in [6.07, 6.45) is 4.15. The first kappa shape index (κ1) is 15.4. The molecule has 0 spiro atoms. The Balaban J connectivity index is 1.84. The minimum Gasteiger partial charge on any atom is -0.493 e. The van der Waals surface area contributed by atoms with Crippen LogP contribution in [0.3, 0.4) is 0 Å². The maximum absolute atomic E-state index is 12.6. The van der Waals surface area contributed by atoms with E-state index in [1.54, 1.807) is 31.5 Å². The second-order valence-electron chi connectivity index (χ2n) is 5.73. The summed E-state index contributed by atoms with van der Waals surface area (Å²) in [5, 5.41) is 7.27. The highest BCUT2D eigenvalue weighted by molar-refractivity contribution is 6.06. The van der Waals surface area contributed by atoms with Gasteiger partial charge in [0.1, 0.15) is 5.82 Å². The molecule has 1 aliphatic carbocycles. The van der Waals surface area contributed by atoms with Crippen molar-refractivity contribution in [1.82, 2.24) is 9.78 Å². The first-order valence-electron chi connectivity index (χ1n) is 7.71. The van der Waals surface area contributed by atoms with E-state index in [4.69, 9.17) is 9.47 Å². The van der Waals surface area contributed by atoms with E-state index in [0.717, 1.165) is 0 Å². The second kappa shape index (κ2) is 6.32. The average Bonchev–Trinajstić information content (AvgIpc) is 3.33. The highest BCUT2D eigenvalue weighted by Gasteiger charge is 2.31. The Morgan fingerprint density at radius 1 is 1.30 bits per heavy atom. The molecule has 1 fully saturated rings. The number of methoxy groups -OCH3 is 2. The van der Waals surface area contributed by atoms with Crippen molar-refractivity contribution in [3.8, 4) is 11.5 Å². The summed E-state index contributed by atoms with van der Waals surface area (Å²) in [4.78, 5) is 12.6. The van der Waals surface area contributed by atoms with Crippen LogP contribution < -0.4 is 14.8 Å². The zero-order chi connectivity index (χ0) is 16.4. The number of amides is 1. The zero-order valence-electron chi connectivity index (χ0n) is 13.6. The summed E-state index contributed by atoms with van der Waals surface area (Å²) >= 11 is 0. The number of aromatic nitrogens is 2. The minimum absolute atomic E-state index is 0.245. The number of ether oxygens (including phenoxy) is 2. The third kappa shape index (κ3) is 3.02. The number of rotatable bonds is 6. The first-order chi connectivity index (χ1) is 11.2. The van der Waals surface area contributed by atoms with Crippen LogP contribution in [0.25, 0.3) is 0 Å². The van der Waals surface area contributed by atoms with Crippen molar-refractivity contribution in [2.75, 3.05) is 19.5 Å². The second-order valence-corrected chi connectivity index (χ2v) is 5.73. The Labute approximate surface area is 135 Å². The smallest absolute Gasteiger partial charge is 0.260 e. The van der Waals surface area contributed by atoms with Gasteiger partial charge < -0.3 is 14.8 Å². The van der Waals surface area contributed by atoms with Gasteiger partial charge in [-0.25, -0.2) is 4.68 Å². The van der Waals surface area contributed by atoms with Crippen molar-refractivity contribution in [3.05, 3.63) is 36.0 Å². The van der Waals surface area contributed by atoms with Crippen molar-refractivity contribution in [1.29, 1.82) is 0 Å². The van der Waals surface area contributed by atoms with Crippen molar-refractivity contribution >= 4 is 11.7 Å². The molecule has 0 radical (unpaired) electrons. The fourth-order valence-corrected chi connectivity index (χ4v) is 2.77. The highest BCUT2D eigenvalue weighted by Crippen LogP contribution is 2.40. The van der Waals surface area contributed by atoms with Gasteiger partial charge in [-0.05, 0) is 37.8 Å². The van der Waals surface area contributed by atoms with Crippen molar-refractivity contribution in [2.24, 2.45) is 5.92 Å². The summed E-state index contributed by atoms with van der Waals surface area (Å²) in [5.41, 5.74) is 0.429. The third-order valence-electron chi connectivity index (χ3n) is 4.25. The Hall–Kier alpha value is -2.50. The van der Waals surface area contributed by atoms with Crippen molar-refractivity contribution < 1.29 is 14.3 Å². The molecule has 122 valence electrons. The van der Waals surface area contributed by atoms with E-state index >= 15 is 0 Å². The summed E-state index contributed by atoms with van der Waals surface area (Å²) in [6, 6.07) is 7.33. The van der Waals surface area contributed by atoms with Crippen LogP contribution in [-0.4, -0.2) is 29.9 Å². The van der Waals surface area contributed by atoms with Crippen LogP contribution in [0.4, 0.5) is 5.82 Å². The van der Waals surface area contributed by atoms with Gasteiger partial charge in [0.05, 0.1) is 32.0 Å². The fourth-order valence-electron chi connectivity index (χ4n) is 2.77. The molecule has 1 N–H and O–H groups in total. The molecule has 0 aliphatic heterocycles. The molecule has 1 aromatic carbocycles. The van der Waals surface area contributed by atoms with Crippen molar-refractivity contribution in [3.63, 3.8) is 0 Å². The monoisotopic (exact) mass is 315 g/mol. The normalized spacial score (nSPS) is 15.1. The third-order valence-corrected chi connectivity index (χ3v) is 4.25. The van der Waals surface area contributed by atoms with Crippen LogP contribution in [0.1, 0.15) is 36.2 Å². The number of benzene rings is 1. The Morgan fingerprint density at radius 2 is 2.09 bits per heavy atom. The number of nitrogens with one attached hydrogen (secondary N) is 1. The summed E-state index contributed by atoms with van der Waals surface area (Å²) in [6.45, 7) is 2.13. The Morgan fingerprint density at radius 3 is 2.74 bits per heavy atom. The predicted molar refractivity (Wildman–Crippen MR) is 87.2 cm³/mol. The quantitative estimate of drug-likeness (QED) is 0.889. The summed E-state index contributed by atoms with van der Waals surface area (Å²) in [5.74, 6) is 2.05. The van der Waals surface area contributed by atoms with E-state index < -0.39 is 0 Å². The van der Waals surface area contributed by atoms with Gasteiger partial charge >= 0.3 is 0 Å². The van der Waals surface area contributed by atoms with Crippen LogP contribution in [0, 0.1) is 5.92 Å². The molecule has 1 heterocycles. The summed E-state index contributed by atoms with van der Waals surface area (Å²) in [7, 11) is 3.07. The van der Waals surface area contributed by atoms with E-state index in [0.29, 0.717) is 28.8 Å². The molecular formula is C17H21N3O3. The zero-order valence-corrected chi connectivity index (χ0v) is 13.6. The number of carbonyl (C=O) groups is 1. The molecule has 2 aromatic rings. The number of hydrogen-bond acceptors (Lipinski definition) is 4. The van der Waals surface area contributed by atoms with Gasteiger partial charge in [-0.1, -0.05) is 6.07 Å². The molecule has 6 nitrogen and oxygen atoms in total. The van der Waals surface area contributed by atoms with E-state index in [2.05, 4.69) is 17.3 Å². The topological polar surface area (TPSA) is 65.4 Å². The molecule has 1 saturated carbocycles. The molecule has 0 saturated heterocycles. The van der Waals surface area contributed by atoms with Gasteiger partial charge in [-0.3, -0.25) is 4.79 Å². The van der Waals surface area contributed by atoms with E-state index in [9.17, 15) is 4.79 Å². The molecule has 1 amide bonds. The van der Waals surface area contributed by atoms with Crippen LogP contribution >= 0.6 is 0 Å². The van der Waals surface area contributed by atoms with Crippen molar-refractivity contribution in [2.45, 2.75) is 25.8 Å². The maximum atomic E-state index is 12.6. The molecule has 3 rings (SSSR count). The van der Waals surface area contributed by atoms with Gasteiger partial charge in [0.2, 0.25) is 0 Å². The lowest BCUT2D eigenvalue weighted by Crippen LogP contribution is -2.19. The predicted octanol–water partition coefficient (Wildman–Crippen LogP) is 3.12. The fraction of sp³-hybridized carbons (Fsp3) is 0.412. The standard InChI is InChI=1S/C17H21N3O3/c1-11(12-7-8-12)20-15(9-10-18-20)19-17(21)13-5-4-6-14(22-2)16(13)23-3/h4-6,9-12H,7-8H2,1-3H3,(H,19,21). The van der Waals surface area contributed by atoms with Crippen LogP contribution in [0.2, 0.25) is 0 Å². The first-order valence-corrected chi connectivity index (χ1v) is 7.71. The molecule has 1 atom stereocenters. The van der Waals surface area contributed by atoms with Gasteiger partial charge in [-0.2, -0.15) is 5.10 Å². The Bertz CT molecular complexity index is 707. The minimum atomic E-state index is -0.245. The number of nitrogens with zero attached hydrogens (tertiary/aromatic N) is 2. The van der Waals surface area contributed by atoms with Crippen LogP contribution in [-0.2, 0) is 0 Å². The van der Waals surface area contributed by atoms with Gasteiger partial charge in [0.25, 0.3) is 5.91 Å². The number of para-hydroxylation sites is 1. The Kier molecular flexibility index (Phi) is 4.23. The molecular weight excluding hydrogens is 294 g/mol. The molecule has 6 heteroatoms.